The molecule has 13 heteroatoms. The molecule has 0 bridgehead atoms. The molecule has 208 valence electrons. The van der Waals surface area contributed by atoms with E-state index in [0.29, 0.717) is 42.9 Å². The summed E-state index contributed by atoms with van der Waals surface area (Å²) in [4.78, 5) is 25.5. The van der Waals surface area contributed by atoms with Crippen LogP contribution in [-0.4, -0.2) is 73.5 Å². The van der Waals surface area contributed by atoms with Gasteiger partial charge in [-0.1, -0.05) is 36.4 Å². The van der Waals surface area contributed by atoms with Gasteiger partial charge in [0.1, 0.15) is 17.7 Å². The topological polar surface area (TPSA) is 204 Å². The summed E-state index contributed by atoms with van der Waals surface area (Å²) in [6.07, 6.45) is 4.23. The second kappa shape index (κ2) is 12.4. The number of piperidine rings is 1. The van der Waals surface area contributed by atoms with Gasteiger partial charge in [0.15, 0.2) is 5.75 Å². The largest absolute Gasteiger partial charge is 0.489 e. The van der Waals surface area contributed by atoms with Crippen molar-refractivity contribution in [2.24, 2.45) is 11.5 Å². The number of sulfonamides is 1. The predicted octanol–water partition coefficient (Wildman–Crippen LogP) is 1.84. The van der Waals surface area contributed by atoms with Crippen LogP contribution in [0.4, 0.5) is 5.69 Å². The van der Waals surface area contributed by atoms with Gasteiger partial charge in [0.25, 0.3) is 5.91 Å². The lowest BCUT2D eigenvalue weighted by molar-refractivity contribution is -0.134. The van der Waals surface area contributed by atoms with Crippen LogP contribution in [0, 0.1) is 10.8 Å². The molecule has 0 aromatic heterocycles. The number of rotatable bonds is 11. The number of carbonyl (C=O) groups is 2. The number of nitrogens with one attached hydrogen (secondary N) is 2. The first kappa shape index (κ1) is 29.2. The van der Waals surface area contributed by atoms with Crippen molar-refractivity contribution < 1.29 is 27.9 Å². The number of primary amides is 1. The van der Waals surface area contributed by atoms with E-state index in [1.54, 1.807) is 37.3 Å². The SMILES string of the molecule is CC(=N)N1CCC(Oc2ccc(N(C/C=C/c3ccc(C(=N)N)cc3)S(=O)(=O)CC(=O)O)cc2C(N)=O)CC1. The summed E-state index contributed by atoms with van der Waals surface area (Å²) in [6, 6.07) is 10.9. The molecule has 0 spiro atoms. The lowest BCUT2D eigenvalue weighted by Gasteiger charge is -2.33. The number of ether oxygens (including phenoxy) is 1. The summed E-state index contributed by atoms with van der Waals surface area (Å²) in [5, 5.41) is 24.4. The number of anilines is 1. The standard InChI is InChI=1S/C26H32N6O6S/c1-17(27)31-13-10-21(11-14-31)38-23-9-8-20(15-22(23)26(30)35)32(39(36,37)16-24(33)34)12-2-3-18-4-6-19(7-5-18)25(28)29/h2-9,15,21,27H,10-14,16H2,1H3,(H3,28,29)(H2,30,35)(H,33,34)/b3-2+,27-17?. The monoisotopic (exact) mass is 556 g/mol. The van der Waals surface area contributed by atoms with Gasteiger partial charge in [-0.25, -0.2) is 8.42 Å². The molecule has 2 aromatic carbocycles. The van der Waals surface area contributed by atoms with Crippen molar-refractivity contribution in [1.29, 1.82) is 10.8 Å². The molecule has 7 N–H and O–H groups in total. The molecular weight excluding hydrogens is 524 g/mol. The first-order valence-corrected chi connectivity index (χ1v) is 13.7. The van der Waals surface area contributed by atoms with E-state index in [4.69, 9.17) is 27.0 Å². The molecule has 1 saturated heterocycles. The highest BCUT2D eigenvalue weighted by molar-refractivity contribution is 7.93. The fraction of sp³-hybridized carbons (Fsp3) is 0.308. The first-order valence-electron chi connectivity index (χ1n) is 12.1. The maximum Gasteiger partial charge on any atom is 0.320 e. The van der Waals surface area contributed by atoms with Crippen molar-refractivity contribution in [3.05, 3.63) is 65.2 Å². The molecule has 0 unspecified atom stereocenters. The van der Waals surface area contributed by atoms with Gasteiger partial charge in [-0.15, -0.1) is 0 Å². The third-order valence-electron chi connectivity index (χ3n) is 6.17. The predicted molar refractivity (Wildman–Crippen MR) is 149 cm³/mol. The zero-order valence-electron chi connectivity index (χ0n) is 21.5. The number of hydrogen-bond donors (Lipinski definition) is 5. The summed E-state index contributed by atoms with van der Waals surface area (Å²) < 4.78 is 32.9. The summed E-state index contributed by atoms with van der Waals surface area (Å²) in [5.74, 6) is -2.90. The Morgan fingerprint density at radius 1 is 1.13 bits per heavy atom. The number of carboxylic acids is 1. The number of nitrogens with zero attached hydrogens (tertiary/aromatic N) is 2. The van der Waals surface area contributed by atoms with Gasteiger partial charge < -0.3 is 26.2 Å². The molecule has 1 aliphatic heterocycles. The fourth-order valence-electron chi connectivity index (χ4n) is 4.13. The third-order valence-corrected chi connectivity index (χ3v) is 7.81. The first-order chi connectivity index (χ1) is 18.4. The van der Waals surface area contributed by atoms with E-state index in [-0.39, 0.29) is 35.5 Å². The fourth-order valence-corrected chi connectivity index (χ4v) is 5.34. The van der Waals surface area contributed by atoms with Crippen LogP contribution < -0.4 is 20.5 Å². The highest BCUT2D eigenvalue weighted by atomic mass is 32.2. The number of likely N-dealkylation sites (tertiary alicyclic amines) is 1. The molecule has 1 aliphatic rings. The van der Waals surface area contributed by atoms with Crippen LogP contribution in [0.5, 0.6) is 5.75 Å². The zero-order chi connectivity index (χ0) is 28.7. The number of nitrogens with two attached hydrogens (primary N) is 2. The molecule has 12 nitrogen and oxygen atoms in total. The van der Waals surface area contributed by atoms with E-state index >= 15 is 0 Å². The van der Waals surface area contributed by atoms with Crippen LogP contribution in [-0.2, 0) is 14.8 Å². The van der Waals surface area contributed by atoms with Gasteiger partial charge in [0.05, 0.1) is 23.6 Å². The molecule has 1 amide bonds. The number of carboxylic acid groups (broad SMARTS) is 1. The number of benzene rings is 2. The second-order valence-electron chi connectivity index (χ2n) is 9.05. The summed E-state index contributed by atoms with van der Waals surface area (Å²) >= 11 is 0. The maximum absolute atomic E-state index is 13.0. The molecule has 3 rings (SSSR count). The lowest BCUT2D eigenvalue weighted by Crippen LogP contribution is -2.40. The molecule has 0 saturated carbocycles. The van der Waals surface area contributed by atoms with E-state index in [1.165, 1.54) is 24.3 Å². The molecule has 0 radical (unpaired) electrons. The minimum atomic E-state index is -4.32. The Labute approximate surface area is 226 Å². The second-order valence-corrected chi connectivity index (χ2v) is 10.9. The number of hydrogen-bond acceptors (Lipinski definition) is 7. The quantitative estimate of drug-likeness (QED) is 0.203. The Kier molecular flexibility index (Phi) is 9.30. The molecule has 0 aliphatic carbocycles. The Balaban J connectivity index is 1.87. The van der Waals surface area contributed by atoms with Crippen LogP contribution in [0.25, 0.3) is 6.08 Å². The Bertz CT molecular complexity index is 1380. The maximum atomic E-state index is 13.0. The number of carbonyl (C=O) groups excluding carboxylic acids is 1. The van der Waals surface area contributed by atoms with Crippen LogP contribution >= 0.6 is 0 Å². The average Bonchev–Trinajstić information content (AvgIpc) is 2.86. The summed E-state index contributed by atoms with van der Waals surface area (Å²) in [7, 11) is -4.32. The van der Waals surface area contributed by atoms with Crippen molar-refractivity contribution in [3.8, 4) is 5.75 Å². The van der Waals surface area contributed by atoms with E-state index in [0.717, 1.165) is 4.31 Å². The van der Waals surface area contributed by atoms with Gasteiger partial charge in [-0.05, 0) is 30.7 Å². The summed E-state index contributed by atoms with van der Waals surface area (Å²) in [6.45, 7) is 2.77. The average molecular weight is 557 g/mol. The van der Waals surface area contributed by atoms with Gasteiger partial charge in [-0.2, -0.15) is 0 Å². The number of amidine groups is 2. The van der Waals surface area contributed by atoms with E-state index in [9.17, 15) is 23.1 Å². The normalized spacial score (nSPS) is 14.2. The molecule has 1 heterocycles. The summed E-state index contributed by atoms with van der Waals surface area (Å²) in [5.41, 5.74) is 12.3. The van der Waals surface area contributed by atoms with Gasteiger partial charge in [0, 0.05) is 31.5 Å². The van der Waals surface area contributed by atoms with Crippen LogP contribution in [0.2, 0.25) is 0 Å². The smallest absolute Gasteiger partial charge is 0.320 e. The number of amides is 1. The van der Waals surface area contributed by atoms with Crippen LogP contribution in [0.15, 0.2) is 48.5 Å². The third kappa shape index (κ3) is 7.80. The minimum absolute atomic E-state index is 0.0301. The van der Waals surface area contributed by atoms with Gasteiger partial charge in [0.2, 0.25) is 10.0 Å². The molecule has 2 aromatic rings. The van der Waals surface area contributed by atoms with Gasteiger partial charge in [-0.3, -0.25) is 24.7 Å². The Morgan fingerprint density at radius 2 is 1.77 bits per heavy atom. The molecule has 1 fully saturated rings. The highest BCUT2D eigenvalue weighted by Gasteiger charge is 2.27. The minimum Gasteiger partial charge on any atom is -0.489 e. The van der Waals surface area contributed by atoms with Crippen molar-refractivity contribution in [3.63, 3.8) is 0 Å². The van der Waals surface area contributed by atoms with E-state index in [1.807, 2.05) is 4.90 Å². The Morgan fingerprint density at radius 3 is 2.31 bits per heavy atom. The molecule has 39 heavy (non-hydrogen) atoms. The van der Waals surface area contributed by atoms with Crippen molar-refractivity contribution >= 4 is 45.3 Å². The number of aliphatic carboxylic acids is 1. The Hall–Kier alpha value is -4.39. The van der Waals surface area contributed by atoms with E-state index in [2.05, 4.69) is 0 Å². The molecule has 0 atom stereocenters. The van der Waals surface area contributed by atoms with Crippen molar-refractivity contribution in [1.82, 2.24) is 4.90 Å². The zero-order valence-corrected chi connectivity index (χ0v) is 22.3. The highest BCUT2D eigenvalue weighted by Crippen LogP contribution is 2.29. The lowest BCUT2D eigenvalue weighted by atomic mass is 10.1. The number of nitrogen functional groups attached to an aromatic ring is 1. The van der Waals surface area contributed by atoms with E-state index < -0.39 is 27.7 Å². The van der Waals surface area contributed by atoms with Crippen LogP contribution in [0.3, 0.4) is 0 Å². The van der Waals surface area contributed by atoms with Crippen LogP contribution in [0.1, 0.15) is 41.3 Å². The molecular formula is C26H32N6O6S. The van der Waals surface area contributed by atoms with Crippen molar-refractivity contribution in [2.75, 3.05) is 29.7 Å². The van der Waals surface area contributed by atoms with Gasteiger partial charge >= 0.3 is 5.97 Å². The van der Waals surface area contributed by atoms with Crippen molar-refractivity contribution in [2.45, 2.75) is 25.9 Å².